The van der Waals surface area contributed by atoms with Crippen molar-refractivity contribution in [1.82, 2.24) is 10.3 Å². The Hall–Kier alpha value is -1.14. The van der Waals surface area contributed by atoms with Crippen LogP contribution in [0.2, 0.25) is 0 Å². The van der Waals surface area contributed by atoms with E-state index in [0.717, 1.165) is 24.5 Å². The summed E-state index contributed by atoms with van der Waals surface area (Å²) in [5.74, 6) is 0.565. The van der Waals surface area contributed by atoms with Gasteiger partial charge in [0.1, 0.15) is 0 Å². The van der Waals surface area contributed by atoms with Gasteiger partial charge in [-0.1, -0.05) is 0 Å². The van der Waals surface area contributed by atoms with Crippen LogP contribution in [0.4, 0.5) is 5.69 Å². The van der Waals surface area contributed by atoms with Crippen molar-refractivity contribution in [2.24, 2.45) is 0 Å². The summed E-state index contributed by atoms with van der Waals surface area (Å²) in [4.78, 5) is 6.54. The molecule has 2 heterocycles. The molecule has 5 nitrogen and oxygen atoms in total. The van der Waals surface area contributed by atoms with Gasteiger partial charge in [-0.3, -0.25) is 4.98 Å². The molecule has 1 saturated heterocycles. The number of nitrogens with one attached hydrogen (secondary N) is 1. The molecule has 20 heavy (non-hydrogen) atoms. The Kier molecular flexibility index (Phi) is 3.94. The van der Waals surface area contributed by atoms with Crippen molar-refractivity contribution in [2.45, 2.75) is 31.8 Å². The molecule has 0 bridgehead atoms. The van der Waals surface area contributed by atoms with Crippen LogP contribution < -0.4 is 10.2 Å². The average Bonchev–Trinajstić information content (AvgIpc) is 3.24. The average molecular weight is 295 g/mol. The molecule has 0 amide bonds. The molecule has 2 fully saturated rings. The van der Waals surface area contributed by atoms with Crippen LogP contribution in [0.15, 0.2) is 18.3 Å². The third-order valence-electron chi connectivity index (χ3n) is 3.87. The molecule has 3 rings (SSSR count). The van der Waals surface area contributed by atoms with Gasteiger partial charge in [-0.25, -0.2) is 8.42 Å². The highest BCUT2D eigenvalue weighted by molar-refractivity contribution is 7.91. The van der Waals surface area contributed by atoms with Crippen LogP contribution in [0, 0.1) is 0 Å². The van der Waals surface area contributed by atoms with E-state index in [4.69, 9.17) is 0 Å². The summed E-state index contributed by atoms with van der Waals surface area (Å²) >= 11 is 0. The van der Waals surface area contributed by atoms with Crippen LogP contribution >= 0.6 is 0 Å². The van der Waals surface area contributed by atoms with Gasteiger partial charge in [0.2, 0.25) is 0 Å². The largest absolute Gasteiger partial charge is 0.370 e. The molecule has 2 aliphatic rings. The first kappa shape index (κ1) is 13.8. The van der Waals surface area contributed by atoms with Crippen LogP contribution in [0.5, 0.6) is 0 Å². The number of pyridine rings is 1. The van der Waals surface area contributed by atoms with Gasteiger partial charge < -0.3 is 10.2 Å². The lowest BCUT2D eigenvalue weighted by molar-refractivity contribution is 0.597. The topological polar surface area (TPSA) is 62.3 Å². The monoisotopic (exact) mass is 295 g/mol. The fourth-order valence-corrected chi connectivity index (χ4v) is 3.76. The van der Waals surface area contributed by atoms with E-state index >= 15 is 0 Å². The van der Waals surface area contributed by atoms with Gasteiger partial charge in [-0.05, 0) is 31.4 Å². The van der Waals surface area contributed by atoms with E-state index in [1.165, 1.54) is 12.8 Å². The van der Waals surface area contributed by atoms with Crippen molar-refractivity contribution in [3.05, 3.63) is 24.0 Å². The van der Waals surface area contributed by atoms with Gasteiger partial charge in [-0.15, -0.1) is 0 Å². The Morgan fingerprint density at radius 3 is 2.95 bits per heavy atom. The predicted octanol–water partition coefficient (Wildman–Crippen LogP) is 0.958. The molecule has 1 aliphatic carbocycles. The number of nitrogens with zero attached hydrogens (tertiary/aromatic N) is 2. The van der Waals surface area contributed by atoms with E-state index in [1.54, 1.807) is 0 Å². The molecule has 1 aliphatic heterocycles. The lowest BCUT2D eigenvalue weighted by Gasteiger charge is -2.22. The summed E-state index contributed by atoms with van der Waals surface area (Å²) in [7, 11) is -2.85. The molecule has 0 spiro atoms. The second kappa shape index (κ2) is 5.69. The van der Waals surface area contributed by atoms with E-state index < -0.39 is 9.84 Å². The van der Waals surface area contributed by atoms with Crippen molar-refractivity contribution < 1.29 is 8.42 Å². The van der Waals surface area contributed by atoms with E-state index in [1.807, 2.05) is 12.3 Å². The third-order valence-corrected chi connectivity index (χ3v) is 5.59. The second-order valence-electron chi connectivity index (χ2n) is 5.65. The van der Waals surface area contributed by atoms with Crippen molar-refractivity contribution in [3.8, 4) is 0 Å². The van der Waals surface area contributed by atoms with Crippen molar-refractivity contribution in [2.75, 3.05) is 29.5 Å². The van der Waals surface area contributed by atoms with Crippen LogP contribution in [0.3, 0.4) is 0 Å². The molecule has 6 heteroatoms. The first-order chi connectivity index (χ1) is 9.62. The van der Waals surface area contributed by atoms with E-state index in [0.29, 0.717) is 24.8 Å². The molecular formula is C14H21N3O2S. The molecule has 1 aromatic heterocycles. The second-order valence-corrected chi connectivity index (χ2v) is 7.96. The van der Waals surface area contributed by atoms with Crippen molar-refractivity contribution in [3.63, 3.8) is 0 Å². The number of sulfone groups is 1. The van der Waals surface area contributed by atoms with Crippen LogP contribution in [-0.4, -0.2) is 44.0 Å². The number of rotatable bonds is 4. The Morgan fingerprint density at radius 2 is 2.15 bits per heavy atom. The van der Waals surface area contributed by atoms with E-state index in [-0.39, 0.29) is 5.75 Å². The number of anilines is 1. The summed E-state index contributed by atoms with van der Waals surface area (Å²) in [6, 6.07) is 4.72. The minimum absolute atomic E-state index is 0.255. The smallest absolute Gasteiger partial charge is 0.152 e. The maximum Gasteiger partial charge on any atom is 0.152 e. The van der Waals surface area contributed by atoms with Crippen molar-refractivity contribution in [1.29, 1.82) is 0 Å². The lowest BCUT2D eigenvalue weighted by atomic mass is 10.2. The minimum Gasteiger partial charge on any atom is -0.370 e. The van der Waals surface area contributed by atoms with Gasteiger partial charge in [0, 0.05) is 37.6 Å². The zero-order chi connectivity index (χ0) is 14.0. The summed E-state index contributed by atoms with van der Waals surface area (Å²) < 4.78 is 23.3. The first-order valence-corrected chi connectivity index (χ1v) is 9.08. The molecule has 1 saturated carbocycles. The summed E-state index contributed by atoms with van der Waals surface area (Å²) in [6.07, 6.45) is 5.06. The minimum atomic E-state index is -2.85. The predicted molar refractivity (Wildman–Crippen MR) is 79.6 cm³/mol. The summed E-state index contributed by atoms with van der Waals surface area (Å²) in [6.45, 7) is 2.19. The molecule has 1 N–H and O–H groups in total. The molecule has 0 atom stereocenters. The number of hydrogen-bond donors (Lipinski definition) is 1. The van der Waals surface area contributed by atoms with E-state index in [9.17, 15) is 8.42 Å². The van der Waals surface area contributed by atoms with Crippen molar-refractivity contribution >= 4 is 15.5 Å². The zero-order valence-corrected chi connectivity index (χ0v) is 12.4. The number of aromatic nitrogens is 1. The first-order valence-electron chi connectivity index (χ1n) is 7.26. The van der Waals surface area contributed by atoms with Crippen LogP contribution in [0.25, 0.3) is 0 Å². The molecule has 0 aromatic carbocycles. The Balaban J connectivity index is 1.67. The maximum absolute atomic E-state index is 11.6. The summed E-state index contributed by atoms with van der Waals surface area (Å²) in [5, 5.41) is 3.45. The molecular weight excluding hydrogens is 274 g/mol. The lowest BCUT2D eigenvalue weighted by Crippen LogP contribution is -2.27. The Morgan fingerprint density at radius 1 is 1.30 bits per heavy atom. The molecule has 1 aromatic rings. The highest BCUT2D eigenvalue weighted by atomic mass is 32.2. The fraction of sp³-hybridized carbons (Fsp3) is 0.643. The Bertz CT molecular complexity index is 570. The maximum atomic E-state index is 11.6. The van der Waals surface area contributed by atoms with Gasteiger partial charge in [0.25, 0.3) is 0 Å². The highest BCUT2D eigenvalue weighted by Crippen LogP contribution is 2.21. The number of hydrogen-bond acceptors (Lipinski definition) is 5. The van der Waals surface area contributed by atoms with Crippen LogP contribution in [0.1, 0.15) is 25.0 Å². The quantitative estimate of drug-likeness (QED) is 0.896. The standard InChI is InChI=1S/C14H21N3O2S/c18-20(19)8-1-6-17(7-9-20)14-4-5-15-13(10-14)11-16-12-2-3-12/h4-5,10,12,16H,1-3,6-9,11H2. The Labute approximate surface area is 120 Å². The van der Waals surface area contributed by atoms with Gasteiger partial charge in [-0.2, -0.15) is 0 Å². The summed E-state index contributed by atoms with van der Waals surface area (Å²) in [5.41, 5.74) is 2.12. The van der Waals surface area contributed by atoms with Gasteiger partial charge in [0.05, 0.1) is 17.2 Å². The SMILES string of the molecule is O=S1(=O)CCCN(c2ccnc(CNC3CC3)c2)CC1. The third kappa shape index (κ3) is 3.70. The highest BCUT2D eigenvalue weighted by Gasteiger charge is 2.21. The van der Waals surface area contributed by atoms with Gasteiger partial charge >= 0.3 is 0 Å². The van der Waals surface area contributed by atoms with E-state index in [2.05, 4.69) is 21.3 Å². The zero-order valence-electron chi connectivity index (χ0n) is 11.6. The normalized spacial score (nSPS) is 22.5. The fourth-order valence-electron chi connectivity index (χ4n) is 2.49. The molecule has 0 radical (unpaired) electrons. The van der Waals surface area contributed by atoms with Crippen LogP contribution in [-0.2, 0) is 16.4 Å². The molecule has 0 unspecified atom stereocenters. The molecule has 110 valence electrons. The van der Waals surface area contributed by atoms with Gasteiger partial charge in [0.15, 0.2) is 9.84 Å².